The van der Waals surface area contributed by atoms with Gasteiger partial charge >= 0.3 is 0 Å². The van der Waals surface area contributed by atoms with E-state index in [0.717, 1.165) is 0 Å². The summed E-state index contributed by atoms with van der Waals surface area (Å²) in [5, 5.41) is 3.48. The number of nitrogens with zero attached hydrogens (tertiary/aromatic N) is 1. The molecule has 2 aromatic rings. The molecule has 0 bridgehead atoms. The molecule has 0 fully saturated rings. The lowest BCUT2D eigenvalue weighted by Gasteiger charge is -1.93. The van der Waals surface area contributed by atoms with E-state index in [4.69, 9.17) is 0 Å². The summed E-state index contributed by atoms with van der Waals surface area (Å²) in [4.78, 5) is 4.15. The Morgan fingerprint density at radius 1 is 1.18 bits per heavy atom. The van der Waals surface area contributed by atoms with E-state index in [1.54, 1.807) is 11.3 Å². The molecular formula is C9H9NS. The number of rotatable bonds is 0. The normalized spacial score (nSPS) is 10.7. The van der Waals surface area contributed by atoms with Crippen LogP contribution in [-0.2, 0) is 0 Å². The highest BCUT2D eigenvalue weighted by atomic mass is 32.1. The van der Waals surface area contributed by atoms with E-state index in [0.29, 0.717) is 0 Å². The molecule has 11 heavy (non-hydrogen) atoms. The van der Waals surface area contributed by atoms with Crippen molar-refractivity contribution in [3.05, 3.63) is 28.9 Å². The molecule has 0 aliphatic rings. The summed E-state index contributed by atoms with van der Waals surface area (Å²) in [5.41, 5.74) is 2.61. The SMILES string of the molecule is Cc1csc2c(C)cncc12. The Labute approximate surface area is 69.7 Å². The zero-order chi connectivity index (χ0) is 7.84. The summed E-state index contributed by atoms with van der Waals surface area (Å²) in [5.74, 6) is 0. The molecule has 0 saturated carbocycles. The van der Waals surface area contributed by atoms with Gasteiger partial charge in [-0.1, -0.05) is 0 Å². The lowest BCUT2D eigenvalue weighted by molar-refractivity contribution is 1.31. The van der Waals surface area contributed by atoms with E-state index in [1.807, 2.05) is 12.4 Å². The average Bonchev–Trinajstić information content (AvgIpc) is 2.35. The zero-order valence-electron chi connectivity index (χ0n) is 6.59. The fraction of sp³-hybridized carbons (Fsp3) is 0.222. The minimum atomic E-state index is 1.28. The van der Waals surface area contributed by atoms with Gasteiger partial charge in [0.2, 0.25) is 0 Å². The predicted molar refractivity (Wildman–Crippen MR) is 49.1 cm³/mol. The van der Waals surface area contributed by atoms with Crippen molar-refractivity contribution in [2.75, 3.05) is 0 Å². The Bertz CT molecular complexity index is 389. The fourth-order valence-electron chi connectivity index (χ4n) is 1.20. The van der Waals surface area contributed by atoms with E-state index in [2.05, 4.69) is 24.2 Å². The van der Waals surface area contributed by atoms with E-state index in [9.17, 15) is 0 Å². The van der Waals surface area contributed by atoms with Gasteiger partial charge < -0.3 is 0 Å². The molecule has 2 heterocycles. The van der Waals surface area contributed by atoms with Gasteiger partial charge in [-0.25, -0.2) is 0 Å². The van der Waals surface area contributed by atoms with E-state index in [1.165, 1.54) is 21.2 Å². The second kappa shape index (κ2) is 2.31. The number of thiophene rings is 1. The quantitative estimate of drug-likeness (QED) is 0.582. The highest BCUT2D eigenvalue weighted by Gasteiger charge is 2.00. The Balaban J connectivity index is 2.94. The van der Waals surface area contributed by atoms with Crippen LogP contribution in [0.4, 0.5) is 0 Å². The number of aromatic nitrogens is 1. The fourth-order valence-corrected chi connectivity index (χ4v) is 2.20. The minimum Gasteiger partial charge on any atom is -0.264 e. The molecule has 0 N–H and O–H groups in total. The maximum atomic E-state index is 4.15. The van der Waals surface area contributed by atoms with Gasteiger partial charge in [-0.15, -0.1) is 11.3 Å². The number of hydrogen-bond donors (Lipinski definition) is 0. The number of fused-ring (bicyclic) bond motifs is 1. The summed E-state index contributed by atoms with van der Waals surface area (Å²) in [6.07, 6.45) is 3.85. The molecular weight excluding hydrogens is 154 g/mol. The molecule has 0 amide bonds. The Morgan fingerprint density at radius 2 is 2.00 bits per heavy atom. The van der Waals surface area contributed by atoms with Crippen LogP contribution in [0, 0.1) is 13.8 Å². The number of hydrogen-bond acceptors (Lipinski definition) is 2. The van der Waals surface area contributed by atoms with Gasteiger partial charge in [-0.2, -0.15) is 0 Å². The molecule has 2 aromatic heterocycles. The van der Waals surface area contributed by atoms with E-state index < -0.39 is 0 Å². The van der Waals surface area contributed by atoms with E-state index >= 15 is 0 Å². The van der Waals surface area contributed by atoms with Crippen LogP contribution in [-0.4, -0.2) is 4.98 Å². The van der Waals surface area contributed by atoms with Gasteiger partial charge in [-0.05, 0) is 30.4 Å². The van der Waals surface area contributed by atoms with Gasteiger partial charge in [0.1, 0.15) is 0 Å². The first-order valence-electron chi connectivity index (χ1n) is 3.57. The predicted octanol–water partition coefficient (Wildman–Crippen LogP) is 2.91. The van der Waals surface area contributed by atoms with Crippen LogP contribution in [0.25, 0.3) is 10.1 Å². The number of pyridine rings is 1. The van der Waals surface area contributed by atoms with Crippen LogP contribution >= 0.6 is 11.3 Å². The summed E-state index contributed by atoms with van der Waals surface area (Å²) in [6, 6.07) is 0. The molecule has 0 aliphatic heterocycles. The van der Waals surface area contributed by atoms with Crippen molar-refractivity contribution < 1.29 is 0 Å². The van der Waals surface area contributed by atoms with Crippen LogP contribution < -0.4 is 0 Å². The summed E-state index contributed by atoms with van der Waals surface area (Å²) >= 11 is 1.80. The molecule has 0 aliphatic carbocycles. The topological polar surface area (TPSA) is 12.9 Å². The van der Waals surface area contributed by atoms with Crippen molar-refractivity contribution in [3.8, 4) is 0 Å². The Hall–Kier alpha value is -0.890. The second-order valence-corrected chi connectivity index (χ2v) is 3.63. The molecule has 1 nitrogen and oxygen atoms in total. The lowest BCUT2D eigenvalue weighted by Crippen LogP contribution is -1.76. The Kier molecular flexibility index (Phi) is 1.43. The lowest BCUT2D eigenvalue weighted by atomic mass is 10.2. The molecule has 0 unspecified atom stereocenters. The zero-order valence-corrected chi connectivity index (χ0v) is 7.40. The van der Waals surface area contributed by atoms with Crippen LogP contribution in [0.15, 0.2) is 17.8 Å². The molecule has 0 radical (unpaired) electrons. The standard InChI is InChI=1S/C9H9NS/c1-6-3-10-4-8-7(2)5-11-9(6)8/h3-5H,1-2H3. The molecule has 0 spiro atoms. The largest absolute Gasteiger partial charge is 0.264 e. The number of aryl methyl sites for hydroxylation is 2. The smallest absolute Gasteiger partial charge is 0.0405 e. The minimum absolute atomic E-state index is 1.28. The van der Waals surface area contributed by atoms with Crippen molar-refractivity contribution >= 4 is 21.4 Å². The molecule has 0 atom stereocenters. The molecule has 0 aromatic carbocycles. The summed E-state index contributed by atoms with van der Waals surface area (Å²) in [6.45, 7) is 4.23. The average molecular weight is 163 g/mol. The first-order valence-corrected chi connectivity index (χ1v) is 4.45. The van der Waals surface area contributed by atoms with Gasteiger partial charge in [0, 0.05) is 22.5 Å². The second-order valence-electron chi connectivity index (χ2n) is 2.75. The third-order valence-corrected chi connectivity index (χ3v) is 3.10. The van der Waals surface area contributed by atoms with Gasteiger partial charge in [0.25, 0.3) is 0 Å². The third-order valence-electron chi connectivity index (χ3n) is 1.85. The van der Waals surface area contributed by atoms with Gasteiger partial charge in [0.15, 0.2) is 0 Å². The molecule has 0 saturated heterocycles. The van der Waals surface area contributed by atoms with E-state index in [-0.39, 0.29) is 0 Å². The van der Waals surface area contributed by atoms with Gasteiger partial charge in [-0.3, -0.25) is 4.98 Å². The maximum Gasteiger partial charge on any atom is 0.0405 e. The summed E-state index contributed by atoms with van der Waals surface area (Å²) < 4.78 is 1.37. The van der Waals surface area contributed by atoms with Gasteiger partial charge in [0.05, 0.1) is 0 Å². The molecule has 2 heteroatoms. The first-order chi connectivity index (χ1) is 5.29. The first kappa shape index (κ1) is 6.80. The van der Waals surface area contributed by atoms with Crippen LogP contribution in [0.3, 0.4) is 0 Å². The van der Waals surface area contributed by atoms with Crippen LogP contribution in [0.2, 0.25) is 0 Å². The Morgan fingerprint density at radius 3 is 2.73 bits per heavy atom. The monoisotopic (exact) mass is 163 g/mol. The van der Waals surface area contributed by atoms with Crippen molar-refractivity contribution in [3.63, 3.8) is 0 Å². The highest BCUT2D eigenvalue weighted by molar-refractivity contribution is 7.17. The van der Waals surface area contributed by atoms with Crippen LogP contribution in [0.1, 0.15) is 11.1 Å². The van der Waals surface area contributed by atoms with Crippen molar-refractivity contribution in [2.24, 2.45) is 0 Å². The summed E-state index contributed by atoms with van der Waals surface area (Å²) in [7, 11) is 0. The highest BCUT2D eigenvalue weighted by Crippen LogP contribution is 2.26. The van der Waals surface area contributed by atoms with Crippen molar-refractivity contribution in [2.45, 2.75) is 13.8 Å². The van der Waals surface area contributed by atoms with Crippen LogP contribution in [0.5, 0.6) is 0 Å². The van der Waals surface area contributed by atoms with Crippen molar-refractivity contribution in [1.82, 2.24) is 4.98 Å². The third kappa shape index (κ3) is 0.942. The molecule has 2 rings (SSSR count). The molecule has 56 valence electrons. The maximum absolute atomic E-state index is 4.15. The van der Waals surface area contributed by atoms with Crippen molar-refractivity contribution in [1.29, 1.82) is 0 Å².